The Kier molecular flexibility index (Phi) is 5.32. The van der Waals surface area contributed by atoms with Gasteiger partial charge in [-0.25, -0.2) is 9.78 Å². The van der Waals surface area contributed by atoms with Crippen LogP contribution in [0.5, 0.6) is 0 Å². The number of carbonyl (C=O) groups excluding carboxylic acids is 1. The summed E-state index contributed by atoms with van der Waals surface area (Å²) in [7, 11) is 0. The van der Waals surface area contributed by atoms with Crippen molar-refractivity contribution in [3.05, 3.63) is 56.9 Å². The molecule has 0 aliphatic rings. The van der Waals surface area contributed by atoms with Gasteiger partial charge in [0, 0.05) is 6.54 Å². The van der Waals surface area contributed by atoms with Gasteiger partial charge < -0.3 is 9.72 Å². The number of ether oxygens (including phenoxy) is 1. The molecular formula is C19H21ClN4O3. The molecule has 2 aromatic heterocycles. The van der Waals surface area contributed by atoms with Crippen LogP contribution in [0.25, 0.3) is 10.9 Å². The van der Waals surface area contributed by atoms with E-state index in [-0.39, 0.29) is 22.1 Å². The van der Waals surface area contributed by atoms with Crippen LogP contribution in [0.4, 0.5) is 0 Å². The van der Waals surface area contributed by atoms with Crippen LogP contribution < -0.4 is 5.56 Å². The zero-order valence-corrected chi connectivity index (χ0v) is 16.4. The molecule has 1 aromatic carbocycles. The van der Waals surface area contributed by atoms with Crippen LogP contribution in [0.15, 0.2) is 29.1 Å². The number of carbonyl (C=O) groups is 1. The molecule has 7 nitrogen and oxygen atoms in total. The van der Waals surface area contributed by atoms with E-state index in [2.05, 4.69) is 15.1 Å². The van der Waals surface area contributed by atoms with Crippen LogP contribution in [0.2, 0.25) is 5.15 Å². The average Bonchev–Trinajstić information content (AvgIpc) is 2.87. The third-order valence-electron chi connectivity index (χ3n) is 4.11. The smallest absolute Gasteiger partial charge is 0.343 e. The highest BCUT2D eigenvalue weighted by molar-refractivity contribution is 6.32. The number of fused-ring (bicyclic) bond motifs is 1. The van der Waals surface area contributed by atoms with E-state index in [1.165, 1.54) is 0 Å². The molecule has 0 amide bonds. The third-order valence-corrected chi connectivity index (χ3v) is 4.49. The van der Waals surface area contributed by atoms with Crippen LogP contribution in [0.1, 0.15) is 48.8 Å². The monoisotopic (exact) mass is 388 g/mol. The number of nitrogens with zero attached hydrogens (tertiary/aromatic N) is 3. The fraction of sp³-hybridized carbons (Fsp3) is 0.368. The van der Waals surface area contributed by atoms with Crippen molar-refractivity contribution in [1.29, 1.82) is 0 Å². The highest BCUT2D eigenvalue weighted by Gasteiger charge is 2.25. The van der Waals surface area contributed by atoms with E-state index in [0.717, 1.165) is 0 Å². The van der Waals surface area contributed by atoms with Gasteiger partial charge in [-0.05, 0) is 31.9 Å². The molecule has 1 atom stereocenters. The lowest BCUT2D eigenvalue weighted by Crippen LogP contribution is -2.18. The molecule has 0 spiro atoms. The molecule has 0 unspecified atom stereocenters. The number of rotatable bonds is 5. The average molecular weight is 389 g/mol. The molecule has 3 aromatic rings. The maximum atomic E-state index is 12.6. The van der Waals surface area contributed by atoms with Crippen molar-refractivity contribution in [3.63, 3.8) is 0 Å². The zero-order chi connectivity index (χ0) is 19.7. The Hall–Kier alpha value is -2.67. The molecule has 0 aliphatic carbocycles. The number of hydrogen-bond acceptors (Lipinski definition) is 5. The lowest BCUT2D eigenvalue weighted by Gasteiger charge is -2.13. The predicted molar refractivity (Wildman–Crippen MR) is 103 cm³/mol. The Morgan fingerprint density at radius 2 is 2.00 bits per heavy atom. The fourth-order valence-electron chi connectivity index (χ4n) is 2.82. The first-order valence-electron chi connectivity index (χ1n) is 8.70. The molecule has 142 valence electrons. The number of benzene rings is 1. The molecule has 0 fully saturated rings. The zero-order valence-electron chi connectivity index (χ0n) is 15.6. The van der Waals surface area contributed by atoms with E-state index in [1.54, 1.807) is 42.8 Å². The van der Waals surface area contributed by atoms with Crippen LogP contribution in [-0.2, 0) is 11.3 Å². The van der Waals surface area contributed by atoms with Crippen molar-refractivity contribution in [2.45, 2.75) is 40.3 Å². The Morgan fingerprint density at radius 3 is 2.70 bits per heavy atom. The van der Waals surface area contributed by atoms with E-state index in [9.17, 15) is 9.59 Å². The van der Waals surface area contributed by atoms with Gasteiger partial charge in [-0.2, -0.15) is 5.10 Å². The van der Waals surface area contributed by atoms with Crippen molar-refractivity contribution < 1.29 is 9.53 Å². The van der Waals surface area contributed by atoms with Crippen LogP contribution in [0.3, 0.4) is 0 Å². The molecule has 0 radical (unpaired) electrons. The molecule has 0 saturated carbocycles. The first-order valence-corrected chi connectivity index (χ1v) is 9.08. The SMILES string of the molecule is Cc1nn(CC(C)C)c(Cl)c1C(=O)O[C@H](C)c1nc2ccccc2c(=O)[nH]1. The summed E-state index contributed by atoms with van der Waals surface area (Å²) in [5, 5.41) is 5.05. The van der Waals surface area contributed by atoms with Crippen LogP contribution in [-0.4, -0.2) is 25.7 Å². The van der Waals surface area contributed by atoms with E-state index >= 15 is 0 Å². The number of aromatic nitrogens is 4. The standard InChI is InChI=1S/C19H21ClN4O3/c1-10(2)9-24-16(20)15(11(3)23-24)19(26)27-12(4)17-21-14-8-6-5-7-13(14)18(25)22-17/h5-8,10,12H,9H2,1-4H3,(H,21,22,25)/t12-/m1/s1. The van der Waals surface area contributed by atoms with Crippen LogP contribution >= 0.6 is 11.6 Å². The minimum atomic E-state index is -0.751. The fourth-order valence-corrected chi connectivity index (χ4v) is 3.15. The largest absolute Gasteiger partial charge is 0.451 e. The molecule has 0 bridgehead atoms. The minimum absolute atomic E-state index is 0.229. The van der Waals surface area contributed by atoms with Gasteiger partial charge in [-0.1, -0.05) is 37.6 Å². The quantitative estimate of drug-likeness (QED) is 0.673. The molecule has 0 saturated heterocycles. The van der Waals surface area contributed by atoms with Crippen molar-refractivity contribution in [2.75, 3.05) is 0 Å². The van der Waals surface area contributed by atoms with Crippen molar-refractivity contribution in [2.24, 2.45) is 5.92 Å². The number of H-pyrrole nitrogens is 1. The Balaban J connectivity index is 1.86. The minimum Gasteiger partial charge on any atom is -0.451 e. The third kappa shape index (κ3) is 3.88. The molecule has 3 rings (SSSR count). The number of aryl methyl sites for hydroxylation is 1. The van der Waals surface area contributed by atoms with Gasteiger partial charge in [0.1, 0.15) is 10.7 Å². The Morgan fingerprint density at radius 1 is 1.30 bits per heavy atom. The normalized spacial score (nSPS) is 12.5. The summed E-state index contributed by atoms with van der Waals surface area (Å²) in [6.45, 7) is 8.03. The first kappa shape index (κ1) is 19.1. The predicted octanol–water partition coefficient (Wildman–Crippen LogP) is 3.66. The number of esters is 1. The first-order chi connectivity index (χ1) is 12.8. The summed E-state index contributed by atoms with van der Waals surface area (Å²) in [4.78, 5) is 31.9. The van der Waals surface area contributed by atoms with Gasteiger partial charge >= 0.3 is 5.97 Å². The second kappa shape index (κ2) is 7.52. The summed E-state index contributed by atoms with van der Waals surface area (Å²) >= 11 is 6.33. The number of aromatic amines is 1. The summed E-state index contributed by atoms with van der Waals surface area (Å²) in [6.07, 6.45) is -0.751. The maximum absolute atomic E-state index is 12.6. The van der Waals surface area contributed by atoms with Crippen molar-refractivity contribution >= 4 is 28.5 Å². The van der Waals surface area contributed by atoms with Crippen LogP contribution in [0, 0.1) is 12.8 Å². The summed E-state index contributed by atoms with van der Waals surface area (Å²) in [5.41, 5.74) is 0.987. The highest BCUT2D eigenvalue weighted by atomic mass is 35.5. The number of hydrogen-bond donors (Lipinski definition) is 1. The second-order valence-electron chi connectivity index (χ2n) is 6.84. The van der Waals surface area contributed by atoms with Gasteiger partial charge in [0.05, 0.1) is 16.6 Å². The van der Waals surface area contributed by atoms with E-state index in [4.69, 9.17) is 16.3 Å². The van der Waals surface area contributed by atoms with Gasteiger partial charge in [-0.3, -0.25) is 9.48 Å². The second-order valence-corrected chi connectivity index (χ2v) is 7.20. The van der Waals surface area contributed by atoms with Gasteiger partial charge in [0.25, 0.3) is 5.56 Å². The lowest BCUT2D eigenvalue weighted by atomic mass is 10.2. The van der Waals surface area contributed by atoms with Gasteiger partial charge in [0.2, 0.25) is 0 Å². The Labute approximate surface area is 161 Å². The van der Waals surface area contributed by atoms with E-state index < -0.39 is 12.1 Å². The summed E-state index contributed by atoms with van der Waals surface area (Å²) in [6, 6.07) is 6.98. The maximum Gasteiger partial charge on any atom is 0.343 e. The number of para-hydroxylation sites is 1. The van der Waals surface area contributed by atoms with Gasteiger partial charge in [0.15, 0.2) is 11.9 Å². The molecule has 1 N–H and O–H groups in total. The van der Waals surface area contributed by atoms with Gasteiger partial charge in [-0.15, -0.1) is 0 Å². The lowest BCUT2D eigenvalue weighted by molar-refractivity contribution is 0.0319. The topological polar surface area (TPSA) is 89.9 Å². The molecule has 27 heavy (non-hydrogen) atoms. The highest BCUT2D eigenvalue weighted by Crippen LogP contribution is 2.24. The molecule has 0 aliphatic heterocycles. The van der Waals surface area contributed by atoms with Crippen molar-refractivity contribution in [3.8, 4) is 0 Å². The molecule has 2 heterocycles. The number of halogens is 1. The molecular weight excluding hydrogens is 368 g/mol. The molecule has 8 heteroatoms. The summed E-state index contributed by atoms with van der Waals surface area (Å²) in [5.74, 6) is 0.00248. The Bertz CT molecular complexity index is 1050. The van der Waals surface area contributed by atoms with E-state index in [1.807, 2.05) is 13.8 Å². The number of nitrogens with one attached hydrogen (secondary N) is 1. The van der Waals surface area contributed by atoms with Crippen molar-refractivity contribution in [1.82, 2.24) is 19.7 Å². The summed E-state index contributed by atoms with van der Waals surface area (Å²) < 4.78 is 7.09. The van der Waals surface area contributed by atoms with E-state index in [0.29, 0.717) is 29.1 Å².